The van der Waals surface area contributed by atoms with Gasteiger partial charge < -0.3 is 11.1 Å². The number of benzene rings is 1. The first kappa shape index (κ1) is 11.1. The molecular formula is C10H14N2OS. The summed E-state index contributed by atoms with van der Waals surface area (Å²) in [5.41, 5.74) is 6.14. The van der Waals surface area contributed by atoms with Gasteiger partial charge in [-0.15, -0.1) is 11.8 Å². The van der Waals surface area contributed by atoms with Crippen molar-refractivity contribution in [3.63, 3.8) is 0 Å². The van der Waals surface area contributed by atoms with E-state index in [0.29, 0.717) is 0 Å². The summed E-state index contributed by atoms with van der Waals surface area (Å²) >= 11 is 1.67. The van der Waals surface area contributed by atoms with Crippen LogP contribution in [-0.2, 0) is 4.79 Å². The van der Waals surface area contributed by atoms with Gasteiger partial charge in [0, 0.05) is 4.90 Å². The average Bonchev–Trinajstić information content (AvgIpc) is 2.19. The molecule has 0 saturated heterocycles. The molecule has 0 aromatic heterocycles. The van der Waals surface area contributed by atoms with Gasteiger partial charge in [-0.3, -0.25) is 4.79 Å². The highest BCUT2D eigenvalue weighted by Crippen LogP contribution is 2.18. The zero-order chi connectivity index (χ0) is 10.6. The van der Waals surface area contributed by atoms with Gasteiger partial charge in [-0.2, -0.15) is 0 Å². The highest BCUT2D eigenvalue weighted by molar-refractivity contribution is 7.98. The number of thioether (sulfide) groups is 1. The lowest BCUT2D eigenvalue weighted by Crippen LogP contribution is -2.31. The molecule has 1 aromatic carbocycles. The lowest BCUT2D eigenvalue weighted by Gasteiger charge is -2.12. The molecule has 0 spiro atoms. The van der Waals surface area contributed by atoms with E-state index in [2.05, 4.69) is 5.32 Å². The third-order valence-electron chi connectivity index (χ3n) is 2.02. The minimum Gasteiger partial charge on any atom is -0.368 e. The van der Waals surface area contributed by atoms with Crippen LogP contribution in [0.3, 0.4) is 0 Å². The van der Waals surface area contributed by atoms with Crippen molar-refractivity contribution in [1.29, 1.82) is 0 Å². The fourth-order valence-corrected chi connectivity index (χ4v) is 1.68. The van der Waals surface area contributed by atoms with Crippen LogP contribution in [0, 0.1) is 0 Å². The molecule has 1 rings (SSSR count). The van der Waals surface area contributed by atoms with Crippen LogP contribution in [-0.4, -0.2) is 19.2 Å². The van der Waals surface area contributed by atoms with Gasteiger partial charge in [0.2, 0.25) is 5.91 Å². The lowest BCUT2D eigenvalue weighted by atomic mass is 10.1. The van der Waals surface area contributed by atoms with Crippen LogP contribution in [0.4, 0.5) is 0 Å². The second-order valence-electron chi connectivity index (χ2n) is 2.90. The third-order valence-corrected chi connectivity index (χ3v) is 2.77. The van der Waals surface area contributed by atoms with Gasteiger partial charge in [0.05, 0.1) is 0 Å². The average molecular weight is 210 g/mol. The van der Waals surface area contributed by atoms with E-state index in [1.807, 2.05) is 30.5 Å². The van der Waals surface area contributed by atoms with Gasteiger partial charge in [-0.1, -0.05) is 12.1 Å². The van der Waals surface area contributed by atoms with E-state index < -0.39 is 6.04 Å². The molecule has 3 N–H and O–H groups in total. The summed E-state index contributed by atoms with van der Waals surface area (Å²) in [6.07, 6.45) is 2.01. The summed E-state index contributed by atoms with van der Waals surface area (Å²) in [4.78, 5) is 12.2. The largest absolute Gasteiger partial charge is 0.368 e. The summed E-state index contributed by atoms with van der Waals surface area (Å²) in [5, 5.41) is 2.87. The highest BCUT2D eigenvalue weighted by Gasteiger charge is 2.14. The standard InChI is InChI=1S/C10H14N2OS/c1-12-9(10(11)13)7-3-5-8(14-2)6-4-7/h3-6,9,12H,1-2H3,(H2,11,13). The molecule has 76 valence electrons. The SMILES string of the molecule is CNC(C(N)=O)c1ccc(SC)cc1. The van der Waals surface area contributed by atoms with E-state index in [-0.39, 0.29) is 5.91 Å². The molecule has 0 bridgehead atoms. The van der Waals surface area contributed by atoms with Crippen LogP contribution in [0.25, 0.3) is 0 Å². The second kappa shape index (κ2) is 5.02. The van der Waals surface area contributed by atoms with Gasteiger partial charge in [0.25, 0.3) is 0 Å². The molecule has 1 amide bonds. The van der Waals surface area contributed by atoms with E-state index >= 15 is 0 Å². The van der Waals surface area contributed by atoms with Crippen LogP contribution in [0.15, 0.2) is 29.2 Å². The van der Waals surface area contributed by atoms with Crippen molar-refractivity contribution >= 4 is 17.7 Å². The van der Waals surface area contributed by atoms with E-state index in [9.17, 15) is 4.79 Å². The Morgan fingerprint density at radius 2 is 2.00 bits per heavy atom. The Kier molecular flexibility index (Phi) is 3.98. The molecule has 4 heteroatoms. The minimum atomic E-state index is -0.397. The molecule has 0 aliphatic heterocycles. The predicted octanol–water partition coefficient (Wildman–Crippen LogP) is 1.15. The zero-order valence-corrected chi connectivity index (χ0v) is 9.10. The van der Waals surface area contributed by atoms with Gasteiger partial charge in [-0.25, -0.2) is 0 Å². The molecule has 0 aliphatic rings. The molecule has 14 heavy (non-hydrogen) atoms. The molecule has 1 aromatic rings. The van der Waals surface area contributed by atoms with Crippen molar-refractivity contribution in [3.8, 4) is 0 Å². The summed E-state index contributed by atoms with van der Waals surface area (Å²) < 4.78 is 0. The maximum atomic E-state index is 11.0. The number of hydrogen-bond acceptors (Lipinski definition) is 3. The number of rotatable bonds is 4. The Bertz CT molecular complexity index is 310. The van der Waals surface area contributed by atoms with Crippen molar-refractivity contribution in [3.05, 3.63) is 29.8 Å². The van der Waals surface area contributed by atoms with Crippen LogP contribution >= 0.6 is 11.8 Å². The zero-order valence-electron chi connectivity index (χ0n) is 8.28. The third kappa shape index (κ3) is 2.49. The van der Waals surface area contributed by atoms with Crippen molar-refractivity contribution < 1.29 is 4.79 Å². The summed E-state index contributed by atoms with van der Waals surface area (Å²) in [7, 11) is 1.72. The van der Waals surface area contributed by atoms with Crippen LogP contribution in [0.2, 0.25) is 0 Å². The van der Waals surface area contributed by atoms with Gasteiger partial charge in [0.1, 0.15) is 6.04 Å². The van der Waals surface area contributed by atoms with Crippen LogP contribution in [0.1, 0.15) is 11.6 Å². The molecular weight excluding hydrogens is 196 g/mol. The molecule has 1 unspecified atom stereocenters. The monoisotopic (exact) mass is 210 g/mol. The highest BCUT2D eigenvalue weighted by atomic mass is 32.2. The number of nitrogens with two attached hydrogens (primary N) is 1. The molecule has 1 atom stereocenters. The molecule has 0 aliphatic carbocycles. The Hall–Kier alpha value is -1.00. The molecule has 0 heterocycles. The smallest absolute Gasteiger partial charge is 0.239 e. The Morgan fingerprint density at radius 3 is 2.36 bits per heavy atom. The minimum absolute atomic E-state index is 0.357. The Balaban J connectivity index is 2.89. The lowest BCUT2D eigenvalue weighted by molar-refractivity contribution is -0.120. The fourth-order valence-electron chi connectivity index (χ4n) is 1.27. The number of amides is 1. The summed E-state index contributed by atoms with van der Waals surface area (Å²) in [6, 6.07) is 7.39. The van der Waals surface area contributed by atoms with Gasteiger partial charge in [0.15, 0.2) is 0 Å². The van der Waals surface area contributed by atoms with Crippen LogP contribution < -0.4 is 11.1 Å². The van der Waals surface area contributed by atoms with Crippen molar-refractivity contribution in [2.24, 2.45) is 5.73 Å². The van der Waals surface area contributed by atoms with E-state index in [1.54, 1.807) is 18.8 Å². The molecule has 0 radical (unpaired) electrons. The number of likely N-dealkylation sites (N-methyl/N-ethyl adjacent to an activating group) is 1. The number of primary amides is 1. The van der Waals surface area contributed by atoms with Crippen molar-refractivity contribution in [1.82, 2.24) is 5.32 Å². The first-order chi connectivity index (χ1) is 6.69. The van der Waals surface area contributed by atoms with Gasteiger partial charge >= 0.3 is 0 Å². The Morgan fingerprint density at radius 1 is 1.43 bits per heavy atom. The summed E-state index contributed by atoms with van der Waals surface area (Å²) in [6.45, 7) is 0. The normalized spacial score (nSPS) is 12.4. The molecule has 0 fully saturated rings. The van der Waals surface area contributed by atoms with Gasteiger partial charge in [-0.05, 0) is 31.0 Å². The maximum Gasteiger partial charge on any atom is 0.239 e. The van der Waals surface area contributed by atoms with Crippen LogP contribution in [0.5, 0.6) is 0 Å². The quantitative estimate of drug-likeness (QED) is 0.733. The van der Waals surface area contributed by atoms with E-state index in [1.165, 1.54) is 4.90 Å². The number of nitrogens with one attached hydrogen (secondary N) is 1. The first-order valence-corrected chi connectivity index (χ1v) is 5.52. The van der Waals surface area contributed by atoms with Crippen molar-refractivity contribution in [2.45, 2.75) is 10.9 Å². The van der Waals surface area contributed by atoms with E-state index in [0.717, 1.165) is 5.56 Å². The Labute approximate surface area is 88.1 Å². The molecule has 0 saturated carbocycles. The molecule has 3 nitrogen and oxygen atoms in total. The predicted molar refractivity (Wildman–Crippen MR) is 59.2 cm³/mol. The number of carbonyl (C=O) groups excluding carboxylic acids is 1. The topological polar surface area (TPSA) is 55.1 Å². The number of hydrogen-bond donors (Lipinski definition) is 2. The number of carbonyl (C=O) groups is 1. The first-order valence-electron chi connectivity index (χ1n) is 4.29. The van der Waals surface area contributed by atoms with Crippen molar-refractivity contribution in [2.75, 3.05) is 13.3 Å². The maximum absolute atomic E-state index is 11.0. The summed E-state index contributed by atoms with van der Waals surface area (Å²) in [5.74, 6) is -0.357. The fraction of sp³-hybridized carbons (Fsp3) is 0.300. The van der Waals surface area contributed by atoms with E-state index in [4.69, 9.17) is 5.73 Å². The second-order valence-corrected chi connectivity index (χ2v) is 3.78.